The van der Waals surface area contributed by atoms with Gasteiger partial charge in [0.25, 0.3) is 5.91 Å². The second kappa shape index (κ2) is 8.32. The van der Waals surface area contributed by atoms with Crippen molar-refractivity contribution in [2.45, 2.75) is 6.61 Å². The summed E-state index contributed by atoms with van der Waals surface area (Å²) in [5.74, 6) is -1.62. The summed E-state index contributed by atoms with van der Waals surface area (Å²) < 4.78 is 34.1. The van der Waals surface area contributed by atoms with Crippen LogP contribution in [-0.2, 0) is 0 Å². The van der Waals surface area contributed by atoms with E-state index in [-0.39, 0.29) is 33.3 Å². The third-order valence-electron chi connectivity index (χ3n) is 4.07. The summed E-state index contributed by atoms with van der Waals surface area (Å²) in [6, 6.07) is 11.4. The van der Waals surface area contributed by atoms with Crippen molar-refractivity contribution in [2.75, 3.05) is 12.4 Å². The number of alkyl halides is 2. The number of halogens is 3. The number of fused-ring (bicyclic) bond motifs is 1. The molecule has 9 heteroatoms. The van der Waals surface area contributed by atoms with E-state index in [0.29, 0.717) is 10.8 Å². The largest absolute Gasteiger partial charge is 0.495 e. The van der Waals surface area contributed by atoms with Crippen molar-refractivity contribution in [1.82, 2.24) is 0 Å². The van der Waals surface area contributed by atoms with E-state index < -0.39 is 18.5 Å². The molecule has 3 rings (SSSR count). The lowest BCUT2D eigenvalue weighted by molar-refractivity contribution is -0.0497. The van der Waals surface area contributed by atoms with E-state index in [2.05, 4.69) is 10.1 Å². The standard InChI is InChI=1S/C20H14ClF2NO5/c1-28-17-9-16(14(19(26)27)8-15(17)21)24-18(25)12-3-2-11-7-13(29-20(22)23)5-4-10(11)6-12/h2-9,20H,1H3,(H,24,25)(H,26,27). The van der Waals surface area contributed by atoms with Crippen LogP contribution in [0, 0.1) is 0 Å². The molecule has 0 spiro atoms. The molecule has 0 aliphatic heterocycles. The number of hydrogen-bond donors (Lipinski definition) is 2. The summed E-state index contributed by atoms with van der Waals surface area (Å²) in [6.45, 7) is -2.93. The van der Waals surface area contributed by atoms with Crippen molar-refractivity contribution < 1.29 is 33.0 Å². The fourth-order valence-corrected chi connectivity index (χ4v) is 2.97. The molecule has 0 unspecified atom stereocenters. The van der Waals surface area contributed by atoms with E-state index in [1.54, 1.807) is 12.1 Å². The molecule has 0 fully saturated rings. The number of carboxylic acid groups (broad SMARTS) is 1. The van der Waals surface area contributed by atoms with Gasteiger partial charge in [0.1, 0.15) is 11.5 Å². The highest BCUT2D eigenvalue weighted by atomic mass is 35.5. The van der Waals surface area contributed by atoms with Crippen LogP contribution in [-0.4, -0.2) is 30.7 Å². The van der Waals surface area contributed by atoms with Gasteiger partial charge in [-0.25, -0.2) is 4.79 Å². The van der Waals surface area contributed by atoms with Gasteiger partial charge in [-0.1, -0.05) is 23.7 Å². The fourth-order valence-electron chi connectivity index (χ4n) is 2.73. The average Bonchev–Trinajstić information content (AvgIpc) is 2.67. The molecule has 0 radical (unpaired) electrons. The number of hydrogen-bond acceptors (Lipinski definition) is 4. The zero-order valence-corrected chi connectivity index (χ0v) is 15.7. The summed E-state index contributed by atoms with van der Waals surface area (Å²) in [4.78, 5) is 24.1. The van der Waals surface area contributed by atoms with Crippen molar-refractivity contribution in [3.05, 3.63) is 64.7 Å². The first kappa shape index (κ1) is 20.3. The Balaban J connectivity index is 1.91. The Morgan fingerprint density at radius 1 is 1.07 bits per heavy atom. The number of nitrogens with one attached hydrogen (secondary N) is 1. The molecule has 0 aliphatic rings. The molecule has 3 aromatic rings. The first-order valence-corrected chi connectivity index (χ1v) is 8.57. The number of ether oxygens (including phenoxy) is 2. The quantitative estimate of drug-likeness (QED) is 0.581. The van der Waals surface area contributed by atoms with Crippen LogP contribution >= 0.6 is 11.6 Å². The lowest BCUT2D eigenvalue weighted by Crippen LogP contribution is -2.15. The highest BCUT2D eigenvalue weighted by molar-refractivity contribution is 6.32. The van der Waals surface area contributed by atoms with E-state index in [9.17, 15) is 23.5 Å². The number of amides is 1. The summed E-state index contributed by atoms with van der Waals surface area (Å²) in [5, 5.41) is 13.2. The molecule has 0 saturated carbocycles. The smallest absolute Gasteiger partial charge is 0.387 e. The predicted octanol–water partition coefficient (Wildman–Crippen LogP) is 5.05. The van der Waals surface area contributed by atoms with Crippen LogP contribution < -0.4 is 14.8 Å². The number of carboxylic acids is 1. The van der Waals surface area contributed by atoms with Gasteiger partial charge in [0, 0.05) is 11.6 Å². The number of methoxy groups -OCH3 is 1. The van der Waals surface area contributed by atoms with Gasteiger partial charge >= 0.3 is 12.6 Å². The second-order valence-corrected chi connectivity index (χ2v) is 6.30. The number of anilines is 1. The van der Waals surface area contributed by atoms with Gasteiger partial charge in [0.05, 0.1) is 23.4 Å². The predicted molar refractivity (Wildman–Crippen MR) is 103 cm³/mol. The Kier molecular flexibility index (Phi) is 5.84. The molecule has 3 aromatic carbocycles. The van der Waals surface area contributed by atoms with Gasteiger partial charge in [-0.2, -0.15) is 8.78 Å². The third-order valence-corrected chi connectivity index (χ3v) is 4.37. The van der Waals surface area contributed by atoms with Gasteiger partial charge in [-0.3, -0.25) is 4.79 Å². The lowest BCUT2D eigenvalue weighted by Gasteiger charge is -2.12. The molecular formula is C20H14ClF2NO5. The molecule has 2 N–H and O–H groups in total. The molecular weight excluding hydrogens is 408 g/mol. The number of aromatic carboxylic acids is 1. The van der Waals surface area contributed by atoms with E-state index in [4.69, 9.17) is 16.3 Å². The molecule has 29 heavy (non-hydrogen) atoms. The number of benzene rings is 3. The lowest BCUT2D eigenvalue weighted by atomic mass is 10.1. The summed E-state index contributed by atoms with van der Waals surface area (Å²) in [5.41, 5.74) is 0.0635. The summed E-state index contributed by atoms with van der Waals surface area (Å²) >= 11 is 5.95. The van der Waals surface area contributed by atoms with E-state index >= 15 is 0 Å². The fraction of sp³-hybridized carbons (Fsp3) is 0.100. The van der Waals surface area contributed by atoms with Crippen molar-refractivity contribution in [2.24, 2.45) is 0 Å². The van der Waals surface area contributed by atoms with Crippen LogP contribution in [0.5, 0.6) is 11.5 Å². The Morgan fingerprint density at radius 2 is 1.76 bits per heavy atom. The molecule has 0 aliphatic carbocycles. The monoisotopic (exact) mass is 421 g/mol. The molecule has 0 aromatic heterocycles. The maximum atomic E-state index is 12.6. The minimum Gasteiger partial charge on any atom is -0.495 e. The SMILES string of the molecule is COc1cc(NC(=O)c2ccc3cc(OC(F)F)ccc3c2)c(C(=O)O)cc1Cl. The maximum Gasteiger partial charge on any atom is 0.387 e. The first-order chi connectivity index (χ1) is 13.8. The second-order valence-electron chi connectivity index (χ2n) is 5.89. The van der Waals surface area contributed by atoms with Crippen LogP contribution in [0.3, 0.4) is 0 Å². The Hall–Kier alpha value is -3.39. The normalized spacial score (nSPS) is 10.8. The molecule has 150 valence electrons. The van der Waals surface area contributed by atoms with Gasteiger partial charge in [-0.15, -0.1) is 0 Å². The van der Waals surface area contributed by atoms with Crippen molar-refractivity contribution in [3.63, 3.8) is 0 Å². The molecule has 0 atom stereocenters. The average molecular weight is 422 g/mol. The Bertz CT molecular complexity index is 1100. The highest BCUT2D eigenvalue weighted by Gasteiger charge is 2.18. The van der Waals surface area contributed by atoms with Crippen LogP contribution in [0.1, 0.15) is 20.7 Å². The van der Waals surface area contributed by atoms with E-state index in [1.165, 1.54) is 43.5 Å². The van der Waals surface area contributed by atoms with Gasteiger partial charge in [-0.05, 0) is 41.1 Å². The number of carbonyl (C=O) groups is 2. The Labute approximate surface area is 168 Å². The van der Waals surface area contributed by atoms with E-state index in [0.717, 1.165) is 0 Å². The Morgan fingerprint density at radius 3 is 2.41 bits per heavy atom. The molecule has 0 saturated heterocycles. The van der Waals surface area contributed by atoms with Crippen molar-refractivity contribution in [3.8, 4) is 11.5 Å². The maximum absolute atomic E-state index is 12.6. The van der Waals surface area contributed by atoms with Gasteiger partial charge in [0.15, 0.2) is 0 Å². The van der Waals surface area contributed by atoms with Crippen LogP contribution in [0.4, 0.5) is 14.5 Å². The number of carbonyl (C=O) groups excluding carboxylic acids is 1. The van der Waals surface area contributed by atoms with Gasteiger partial charge in [0.2, 0.25) is 0 Å². The van der Waals surface area contributed by atoms with Crippen LogP contribution in [0.15, 0.2) is 48.5 Å². The van der Waals surface area contributed by atoms with Crippen LogP contribution in [0.25, 0.3) is 10.8 Å². The highest BCUT2D eigenvalue weighted by Crippen LogP contribution is 2.32. The minimum absolute atomic E-state index is 0.00376. The molecule has 0 heterocycles. The van der Waals surface area contributed by atoms with E-state index in [1.807, 2.05) is 0 Å². The summed E-state index contributed by atoms with van der Waals surface area (Å²) in [7, 11) is 1.36. The zero-order chi connectivity index (χ0) is 21.1. The van der Waals surface area contributed by atoms with Crippen LogP contribution in [0.2, 0.25) is 5.02 Å². The number of rotatable bonds is 6. The van der Waals surface area contributed by atoms with Gasteiger partial charge < -0.3 is 19.9 Å². The summed E-state index contributed by atoms with van der Waals surface area (Å²) in [6.07, 6.45) is 0. The van der Waals surface area contributed by atoms with Crippen molar-refractivity contribution in [1.29, 1.82) is 0 Å². The first-order valence-electron chi connectivity index (χ1n) is 8.19. The minimum atomic E-state index is -2.93. The van der Waals surface area contributed by atoms with Crippen molar-refractivity contribution >= 4 is 39.9 Å². The zero-order valence-electron chi connectivity index (χ0n) is 14.9. The molecule has 0 bridgehead atoms. The topological polar surface area (TPSA) is 84.9 Å². The molecule has 6 nitrogen and oxygen atoms in total. The third kappa shape index (κ3) is 4.55. The molecule has 1 amide bonds.